The minimum absolute atomic E-state index is 0.124. The Morgan fingerprint density at radius 1 is 0.848 bits per heavy atom. The summed E-state index contributed by atoms with van der Waals surface area (Å²) in [5, 5.41) is 21.4. The number of allylic oxidation sites excluding steroid dienone is 1. The number of hydrogen-bond acceptors (Lipinski definition) is 2. The molecule has 5 saturated carbocycles. The summed E-state index contributed by atoms with van der Waals surface area (Å²) in [5.41, 5.74) is 2.66. The summed E-state index contributed by atoms with van der Waals surface area (Å²) in [4.78, 5) is 0. The van der Waals surface area contributed by atoms with E-state index in [1.165, 1.54) is 63.4 Å². The van der Waals surface area contributed by atoms with Gasteiger partial charge >= 0.3 is 0 Å². The van der Waals surface area contributed by atoms with Crippen molar-refractivity contribution in [2.24, 2.45) is 56.7 Å². The first-order chi connectivity index (χ1) is 15.4. The van der Waals surface area contributed by atoms with Crippen molar-refractivity contribution >= 4 is 0 Å². The van der Waals surface area contributed by atoms with E-state index >= 15 is 0 Å². The summed E-state index contributed by atoms with van der Waals surface area (Å²) in [7, 11) is 0. The molecule has 0 spiro atoms. The molecule has 33 heavy (non-hydrogen) atoms. The van der Waals surface area contributed by atoms with Crippen molar-refractivity contribution in [3.05, 3.63) is 12.2 Å². The summed E-state index contributed by atoms with van der Waals surface area (Å²) in [6, 6.07) is 0. The Balaban J connectivity index is 1.55. The number of fused-ring (bicyclic) bond motifs is 7. The first-order valence-electron chi connectivity index (χ1n) is 14.4. The third-order valence-electron chi connectivity index (χ3n) is 14.1. The summed E-state index contributed by atoms with van der Waals surface area (Å²) >= 11 is 0. The molecule has 2 nitrogen and oxygen atoms in total. The maximum absolute atomic E-state index is 11.0. The molecule has 0 radical (unpaired) electrons. The van der Waals surface area contributed by atoms with Crippen molar-refractivity contribution in [3.8, 4) is 0 Å². The monoisotopic (exact) mass is 456 g/mol. The van der Waals surface area contributed by atoms with E-state index in [1.54, 1.807) is 0 Å². The molecule has 0 saturated heterocycles. The predicted octanol–water partition coefficient (Wildman–Crippen LogP) is 7.39. The van der Waals surface area contributed by atoms with Gasteiger partial charge in [-0.3, -0.25) is 0 Å². The van der Waals surface area contributed by atoms with Gasteiger partial charge in [0.1, 0.15) is 0 Å². The molecular formula is C31H52O2. The Hall–Kier alpha value is -0.340. The summed E-state index contributed by atoms with van der Waals surface area (Å²) in [6.45, 7) is 19.6. The number of aliphatic hydroxyl groups is 2. The second-order valence-electron chi connectivity index (χ2n) is 14.6. The molecule has 0 aromatic heterocycles. The van der Waals surface area contributed by atoms with Crippen LogP contribution in [0, 0.1) is 56.7 Å². The fourth-order valence-electron chi connectivity index (χ4n) is 11.9. The van der Waals surface area contributed by atoms with Gasteiger partial charge in [0.25, 0.3) is 0 Å². The molecule has 2 N–H and O–H groups in total. The van der Waals surface area contributed by atoms with Crippen LogP contribution in [0.25, 0.3) is 0 Å². The van der Waals surface area contributed by atoms with Crippen LogP contribution in [0.15, 0.2) is 12.2 Å². The number of aliphatic hydroxyl groups excluding tert-OH is 2. The Morgan fingerprint density at radius 2 is 1.58 bits per heavy atom. The van der Waals surface area contributed by atoms with Gasteiger partial charge in [0.2, 0.25) is 0 Å². The van der Waals surface area contributed by atoms with Gasteiger partial charge in [0, 0.05) is 5.41 Å². The lowest BCUT2D eigenvalue weighted by atomic mass is 9.32. The standard InChI is InChI=1S/C31H52O2/c1-8-31-16-11-21(20(2)3)26(31)22-9-10-24-27(4)14-13-25(33)28(5,19-32)23(27)12-15-30(24,7)29(22,6)17-18-31/h21-26,32-33H,2,8-19H2,1,3-7H3/t21-,22?,23+,24+,25?,26+,27-,28-,29+,30+,31+/m0/s1. The van der Waals surface area contributed by atoms with Crippen LogP contribution in [0.1, 0.15) is 112 Å². The van der Waals surface area contributed by atoms with Crippen LogP contribution in [0.5, 0.6) is 0 Å². The van der Waals surface area contributed by atoms with Crippen molar-refractivity contribution in [2.45, 2.75) is 118 Å². The Labute approximate surface area is 204 Å². The zero-order chi connectivity index (χ0) is 24.0. The highest BCUT2D eigenvalue weighted by molar-refractivity contribution is 5.21. The highest BCUT2D eigenvalue weighted by Gasteiger charge is 2.70. The highest BCUT2D eigenvalue weighted by Crippen LogP contribution is 2.77. The molecule has 0 heterocycles. The van der Waals surface area contributed by atoms with Crippen molar-refractivity contribution in [1.29, 1.82) is 0 Å². The van der Waals surface area contributed by atoms with Crippen LogP contribution in [0.4, 0.5) is 0 Å². The van der Waals surface area contributed by atoms with E-state index in [9.17, 15) is 10.2 Å². The van der Waals surface area contributed by atoms with Crippen LogP contribution in [-0.4, -0.2) is 22.9 Å². The van der Waals surface area contributed by atoms with Gasteiger partial charge in [0.15, 0.2) is 0 Å². The molecule has 2 unspecified atom stereocenters. The van der Waals surface area contributed by atoms with E-state index in [2.05, 4.69) is 48.1 Å². The maximum atomic E-state index is 11.0. The van der Waals surface area contributed by atoms with Crippen LogP contribution in [-0.2, 0) is 0 Å². The van der Waals surface area contributed by atoms with E-state index in [0.717, 1.165) is 30.6 Å². The van der Waals surface area contributed by atoms with Gasteiger partial charge in [-0.15, -0.1) is 0 Å². The fourth-order valence-corrected chi connectivity index (χ4v) is 11.9. The molecule has 0 bridgehead atoms. The molecule has 0 aliphatic heterocycles. The number of hydrogen-bond donors (Lipinski definition) is 2. The van der Waals surface area contributed by atoms with Crippen LogP contribution in [0.2, 0.25) is 0 Å². The molecule has 0 amide bonds. The second-order valence-corrected chi connectivity index (χ2v) is 14.6. The first-order valence-corrected chi connectivity index (χ1v) is 14.4. The average Bonchev–Trinajstić information content (AvgIpc) is 3.17. The van der Waals surface area contributed by atoms with E-state index in [-0.39, 0.29) is 23.5 Å². The fraction of sp³-hybridized carbons (Fsp3) is 0.935. The van der Waals surface area contributed by atoms with Gasteiger partial charge in [-0.25, -0.2) is 0 Å². The van der Waals surface area contributed by atoms with E-state index < -0.39 is 0 Å². The van der Waals surface area contributed by atoms with Crippen molar-refractivity contribution in [3.63, 3.8) is 0 Å². The van der Waals surface area contributed by atoms with Gasteiger partial charge in [0.05, 0.1) is 12.7 Å². The quantitative estimate of drug-likeness (QED) is 0.435. The second kappa shape index (κ2) is 7.58. The van der Waals surface area contributed by atoms with Gasteiger partial charge in [-0.1, -0.05) is 53.2 Å². The zero-order valence-corrected chi connectivity index (χ0v) is 22.6. The first kappa shape index (κ1) is 24.4. The van der Waals surface area contributed by atoms with Crippen LogP contribution >= 0.6 is 0 Å². The van der Waals surface area contributed by atoms with Crippen molar-refractivity contribution in [1.82, 2.24) is 0 Å². The maximum Gasteiger partial charge on any atom is 0.0618 e. The zero-order valence-electron chi connectivity index (χ0n) is 22.6. The number of rotatable bonds is 3. The predicted molar refractivity (Wildman–Crippen MR) is 137 cm³/mol. The lowest BCUT2D eigenvalue weighted by Gasteiger charge is -2.73. The lowest BCUT2D eigenvalue weighted by molar-refractivity contribution is -0.254. The third kappa shape index (κ3) is 2.86. The summed E-state index contributed by atoms with van der Waals surface area (Å²) in [6.07, 6.45) is 13.8. The molecule has 0 aromatic carbocycles. The van der Waals surface area contributed by atoms with Gasteiger partial charge in [-0.05, 0) is 122 Å². The Morgan fingerprint density at radius 3 is 2.21 bits per heavy atom. The Kier molecular flexibility index (Phi) is 5.60. The molecular weight excluding hydrogens is 404 g/mol. The average molecular weight is 457 g/mol. The topological polar surface area (TPSA) is 40.5 Å². The lowest BCUT2D eigenvalue weighted by Crippen LogP contribution is -2.67. The van der Waals surface area contributed by atoms with Crippen molar-refractivity contribution in [2.75, 3.05) is 6.61 Å². The van der Waals surface area contributed by atoms with Crippen LogP contribution in [0.3, 0.4) is 0 Å². The van der Waals surface area contributed by atoms with Crippen LogP contribution < -0.4 is 0 Å². The smallest absolute Gasteiger partial charge is 0.0618 e. The molecule has 5 rings (SSSR count). The summed E-state index contributed by atoms with van der Waals surface area (Å²) < 4.78 is 0. The van der Waals surface area contributed by atoms with Gasteiger partial charge in [-0.2, -0.15) is 0 Å². The summed E-state index contributed by atoms with van der Waals surface area (Å²) in [5.74, 6) is 3.53. The molecule has 11 atom stereocenters. The minimum atomic E-state index is -0.355. The molecule has 2 heteroatoms. The minimum Gasteiger partial charge on any atom is -0.396 e. The normalized spacial score (nSPS) is 58.1. The van der Waals surface area contributed by atoms with Gasteiger partial charge < -0.3 is 10.2 Å². The molecule has 5 aliphatic carbocycles. The third-order valence-corrected chi connectivity index (χ3v) is 14.1. The highest BCUT2D eigenvalue weighted by atomic mass is 16.3. The SMILES string of the molecule is C=C(C)[C@@H]1CC[C@]2(CC)CC[C@]3(C)C(CC[C@@H]4[C@@]5(C)CCC(O)[C@@](C)(CO)[C@@H]5CC[C@]43C)[C@@H]12. The largest absolute Gasteiger partial charge is 0.396 e. The van der Waals surface area contributed by atoms with E-state index in [4.69, 9.17) is 0 Å². The molecule has 0 aromatic rings. The molecule has 188 valence electrons. The van der Waals surface area contributed by atoms with E-state index in [0.29, 0.717) is 28.1 Å². The molecule has 5 fully saturated rings. The van der Waals surface area contributed by atoms with E-state index in [1.807, 2.05) is 0 Å². The Bertz CT molecular complexity index is 805. The van der Waals surface area contributed by atoms with Crippen molar-refractivity contribution < 1.29 is 10.2 Å². The molecule has 5 aliphatic rings.